The maximum Gasteiger partial charge on any atom is 0.178 e. The number of nitrogens with zero attached hydrogens (tertiary/aromatic N) is 1. The van der Waals surface area contributed by atoms with Gasteiger partial charge >= 0.3 is 0 Å². The SMILES string of the molecule is CC(C)CCN1CC(C)C(COc2ccc(S(=O)(=O)CCCS(C)(=O)=O)cc2)C1. The number of sulfone groups is 2. The molecule has 1 aromatic rings. The van der Waals surface area contributed by atoms with Crippen molar-refractivity contribution >= 4 is 19.7 Å². The first-order chi connectivity index (χ1) is 13.5. The van der Waals surface area contributed by atoms with Crippen LogP contribution >= 0.6 is 0 Å². The summed E-state index contributed by atoms with van der Waals surface area (Å²) >= 11 is 0. The van der Waals surface area contributed by atoms with Crippen LogP contribution in [-0.2, 0) is 19.7 Å². The minimum Gasteiger partial charge on any atom is -0.493 e. The van der Waals surface area contributed by atoms with Gasteiger partial charge in [0.1, 0.15) is 15.6 Å². The third kappa shape index (κ3) is 8.26. The predicted molar refractivity (Wildman–Crippen MR) is 117 cm³/mol. The molecule has 166 valence electrons. The Morgan fingerprint density at radius 3 is 2.31 bits per heavy atom. The summed E-state index contributed by atoms with van der Waals surface area (Å²) in [5, 5.41) is 0. The molecule has 0 aromatic heterocycles. The lowest BCUT2D eigenvalue weighted by atomic mass is 9.99. The summed E-state index contributed by atoms with van der Waals surface area (Å²) < 4.78 is 53.0. The predicted octanol–water partition coefficient (Wildman–Crippen LogP) is 2.89. The third-order valence-electron chi connectivity index (χ3n) is 5.44. The van der Waals surface area contributed by atoms with Crippen molar-refractivity contribution in [2.24, 2.45) is 17.8 Å². The standard InChI is InChI=1S/C21H35NO5S2/c1-17(2)10-11-22-14-18(3)19(15-22)16-27-20-6-8-21(9-7-20)29(25,26)13-5-12-28(4,23)24/h6-9,17-19H,5,10-16H2,1-4H3. The molecule has 0 N–H and O–H groups in total. The Balaban J connectivity index is 1.84. The summed E-state index contributed by atoms with van der Waals surface area (Å²) in [5.74, 6) is 2.13. The van der Waals surface area contributed by atoms with E-state index in [1.54, 1.807) is 12.1 Å². The Morgan fingerprint density at radius 1 is 1.07 bits per heavy atom. The first-order valence-electron chi connectivity index (χ1n) is 10.3. The van der Waals surface area contributed by atoms with E-state index < -0.39 is 19.7 Å². The van der Waals surface area contributed by atoms with Gasteiger partial charge in [-0.15, -0.1) is 0 Å². The Morgan fingerprint density at radius 2 is 1.72 bits per heavy atom. The van der Waals surface area contributed by atoms with E-state index in [1.807, 2.05) is 0 Å². The maximum absolute atomic E-state index is 12.3. The van der Waals surface area contributed by atoms with Crippen LogP contribution in [-0.4, -0.2) is 65.7 Å². The highest BCUT2D eigenvalue weighted by molar-refractivity contribution is 7.92. The lowest BCUT2D eigenvalue weighted by Crippen LogP contribution is -2.24. The van der Waals surface area contributed by atoms with Gasteiger partial charge in [-0.1, -0.05) is 20.8 Å². The third-order valence-corrected chi connectivity index (χ3v) is 8.29. The van der Waals surface area contributed by atoms with E-state index >= 15 is 0 Å². The van der Waals surface area contributed by atoms with Crippen molar-refractivity contribution in [3.8, 4) is 5.75 Å². The van der Waals surface area contributed by atoms with Crippen LogP contribution in [0, 0.1) is 17.8 Å². The molecule has 0 spiro atoms. The molecule has 1 heterocycles. The number of ether oxygens (including phenoxy) is 1. The van der Waals surface area contributed by atoms with Crippen LogP contribution in [0.1, 0.15) is 33.6 Å². The fourth-order valence-corrected chi connectivity index (χ4v) is 5.72. The molecule has 0 aliphatic carbocycles. The van der Waals surface area contributed by atoms with Crippen LogP contribution in [0.15, 0.2) is 29.2 Å². The summed E-state index contributed by atoms with van der Waals surface area (Å²) in [6.07, 6.45) is 2.42. The lowest BCUT2D eigenvalue weighted by molar-refractivity contribution is 0.223. The topological polar surface area (TPSA) is 80.8 Å². The van der Waals surface area contributed by atoms with Gasteiger partial charge in [-0.3, -0.25) is 0 Å². The van der Waals surface area contributed by atoms with Gasteiger partial charge in [-0.25, -0.2) is 16.8 Å². The molecule has 1 fully saturated rings. The fraction of sp³-hybridized carbons (Fsp3) is 0.714. The normalized spacial score (nSPS) is 21.0. The van der Waals surface area contributed by atoms with Crippen LogP contribution < -0.4 is 4.74 Å². The summed E-state index contributed by atoms with van der Waals surface area (Å²) in [6, 6.07) is 6.44. The quantitative estimate of drug-likeness (QED) is 0.521. The van der Waals surface area contributed by atoms with Crippen molar-refractivity contribution in [2.75, 3.05) is 44.0 Å². The molecule has 0 radical (unpaired) electrons. The zero-order valence-corrected chi connectivity index (χ0v) is 19.6. The van der Waals surface area contributed by atoms with Crippen LogP contribution in [0.3, 0.4) is 0 Å². The van der Waals surface area contributed by atoms with Gasteiger partial charge in [-0.05, 0) is 55.5 Å². The van der Waals surface area contributed by atoms with Crippen molar-refractivity contribution in [2.45, 2.75) is 38.5 Å². The molecule has 2 unspecified atom stereocenters. The second-order valence-corrected chi connectivity index (χ2v) is 13.1. The minimum absolute atomic E-state index is 0.103. The monoisotopic (exact) mass is 445 g/mol. The maximum atomic E-state index is 12.3. The summed E-state index contributed by atoms with van der Waals surface area (Å²) in [4.78, 5) is 2.71. The van der Waals surface area contributed by atoms with Crippen LogP contribution in [0.4, 0.5) is 0 Å². The molecule has 8 heteroatoms. The summed E-state index contributed by atoms with van der Waals surface area (Å²) in [5.41, 5.74) is 0. The average Bonchev–Trinajstić information content (AvgIpc) is 2.97. The van der Waals surface area contributed by atoms with E-state index in [0.717, 1.165) is 25.9 Å². The smallest absolute Gasteiger partial charge is 0.178 e. The number of benzene rings is 1. The molecule has 2 rings (SSSR count). The molecule has 1 aliphatic rings. The van der Waals surface area contributed by atoms with Crippen molar-refractivity contribution in [3.63, 3.8) is 0 Å². The zero-order valence-electron chi connectivity index (χ0n) is 18.0. The second kappa shape index (κ2) is 10.3. The fourth-order valence-electron chi connectivity index (χ4n) is 3.56. The molecular weight excluding hydrogens is 410 g/mol. The van der Waals surface area contributed by atoms with E-state index in [9.17, 15) is 16.8 Å². The van der Waals surface area contributed by atoms with Crippen LogP contribution in [0.25, 0.3) is 0 Å². The highest BCUT2D eigenvalue weighted by Crippen LogP contribution is 2.25. The minimum atomic E-state index is -3.49. The highest BCUT2D eigenvalue weighted by Gasteiger charge is 2.29. The molecule has 0 saturated carbocycles. The number of likely N-dealkylation sites (tertiary alicyclic amines) is 1. The van der Waals surface area contributed by atoms with E-state index in [1.165, 1.54) is 18.6 Å². The van der Waals surface area contributed by atoms with Gasteiger partial charge in [0.05, 0.1) is 23.0 Å². The molecule has 1 aromatic carbocycles. The van der Waals surface area contributed by atoms with E-state index in [4.69, 9.17) is 4.74 Å². The van der Waals surface area contributed by atoms with E-state index in [0.29, 0.717) is 30.1 Å². The first kappa shape index (κ1) is 24.2. The summed E-state index contributed by atoms with van der Waals surface area (Å²) in [6.45, 7) is 10.6. The molecule has 0 bridgehead atoms. The molecule has 0 amide bonds. The average molecular weight is 446 g/mol. The van der Waals surface area contributed by atoms with Crippen molar-refractivity contribution in [1.82, 2.24) is 4.90 Å². The Labute approximate surface area is 176 Å². The highest BCUT2D eigenvalue weighted by atomic mass is 32.2. The van der Waals surface area contributed by atoms with Crippen molar-refractivity contribution in [3.05, 3.63) is 24.3 Å². The lowest BCUT2D eigenvalue weighted by Gasteiger charge is -2.17. The molecule has 1 saturated heterocycles. The van der Waals surface area contributed by atoms with Crippen molar-refractivity contribution in [1.29, 1.82) is 0 Å². The van der Waals surface area contributed by atoms with Gasteiger partial charge in [0, 0.05) is 25.3 Å². The van der Waals surface area contributed by atoms with Gasteiger partial charge in [0.2, 0.25) is 0 Å². The van der Waals surface area contributed by atoms with Crippen LogP contribution in [0.5, 0.6) is 5.75 Å². The largest absolute Gasteiger partial charge is 0.493 e. The van der Waals surface area contributed by atoms with Crippen molar-refractivity contribution < 1.29 is 21.6 Å². The zero-order chi connectivity index (χ0) is 21.7. The van der Waals surface area contributed by atoms with Gasteiger partial charge in [-0.2, -0.15) is 0 Å². The second-order valence-electron chi connectivity index (χ2n) is 8.76. The molecular formula is C21H35NO5S2. The van der Waals surface area contributed by atoms with E-state index in [2.05, 4.69) is 25.7 Å². The summed E-state index contributed by atoms with van der Waals surface area (Å²) in [7, 11) is -6.64. The first-order valence-corrected chi connectivity index (χ1v) is 14.0. The number of hydrogen-bond donors (Lipinski definition) is 0. The Hall–Kier alpha value is -1.12. The van der Waals surface area contributed by atoms with Gasteiger partial charge in [0.15, 0.2) is 9.84 Å². The Bertz CT molecular complexity index is 848. The molecule has 2 atom stereocenters. The molecule has 29 heavy (non-hydrogen) atoms. The van der Waals surface area contributed by atoms with Gasteiger partial charge in [0.25, 0.3) is 0 Å². The molecule has 1 aliphatic heterocycles. The van der Waals surface area contributed by atoms with Crippen LogP contribution in [0.2, 0.25) is 0 Å². The van der Waals surface area contributed by atoms with Gasteiger partial charge < -0.3 is 9.64 Å². The van der Waals surface area contributed by atoms with E-state index in [-0.39, 0.29) is 22.8 Å². The number of hydrogen-bond acceptors (Lipinski definition) is 6. The molecule has 6 nitrogen and oxygen atoms in total. The number of rotatable bonds is 11. The Kier molecular flexibility index (Phi) is 8.55.